The number of hydrogen-bond acceptors (Lipinski definition) is 2. The number of aromatic nitrogens is 2. The Balaban J connectivity index is 2.36. The van der Waals surface area contributed by atoms with E-state index in [9.17, 15) is 0 Å². The van der Waals surface area contributed by atoms with Crippen molar-refractivity contribution in [3.63, 3.8) is 0 Å². The van der Waals surface area contributed by atoms with Crippen LogP contribution in [0.2, 0.25) is 0 Å². The standard InChI is InChI=1S/C14H25N3/c1-5-13-12(9-15-4)14(6-2)17(16-13)10(3)11-7-8-11/h10-11,15H,5-9H2,1-4H3. The summed E-state index contributed by atoms with van der Waals surface area (Å²) in [5.41, 5.74) is 4.16. The molecule has 2 rings (SSSR count). The molecule has 17 heavy (non-hydrogen) atoms. The van der Waals surface area contributed by atoms with Crippen molar-refractivity contribution in [2.45, 2.75) is 59.0 Å². The molecule has 0 bridgehead atoms. The van der Waals surface area contributed by atoms with Crippen molar-refractivity contribution in [3.8, 4) is 0 Å². The molecule has 1 fully saturated rings. The molecule has 0 radical (unpaired) electrons. The molecule has 0 amide bonds. The summed E-state index contributed by atoms with van der Waals surface area (Å²) in [6.45, 7) is 7.72. The zero-order chi connectivity index (χ0) is 12.4. The van der Waals surface area contributed by atoms with Gasteiger partial charge in [-0.1, -0.05) is 13.8 Å². The summed E-state index contributed by atoms with van der Waals surface area (Å²) in [7, 11) is 2.01. The van der Waals surface area contributed by atoms with Gasteiger partial charge in [-0.2, -0.15) is 5.10 Å². The zero-order valence-corrected chi connectivity index (χ0v) is 11.6. The average molecular weight is 235 g/mol. The summed E-state index contributed by atoms with van der Waals surface area (Å²) in [4.78, 5) is 0. The summed E-state index contributed by atoms with van der Waals surface area (Å²) >= 11 is 0. The molecule has 0 spiro atoms. The van der Waals surface area contributed by atoms with Crippen LogP contribution < -0.4 is 5.32 Å². The highest BCUT2D eigenvalue weighted by molar-refractivity contribution is 5.27. The molecule has 96 valence electrons. The molecule has 1 saturated carbocycles. The first-order chi connectivity index (χ1) is 8.22. The van der Waals surface area contributed by atoms with Crippen LogP contribution in [-0.2, 0) is 19.4 Å². The third kappa shape index (κ3) is 2.39. The summed E-state index contributed by atoms with van der Waals surface area (Å²) in [6, 6.07) is 0.584. The molecule has 1 heterocycles. The van der Waals surface area contributed by atoms with E-state index in [0.29, 0.717) is 6.04 Å². The number of nitrogens with zero attached hydrogens (tertiary/aromatic N) is 2. The van der Waals surface area contributed by atoms with E-state index in [1.165, 1.54) is 29.8 Å². The first-order valence-corrected chi connectivity index (χ1v) is 6.96. The Morgan fingerprint density at radius 3 is 2.53 bits per heavy atom. The van der Waals surface area contributed by atoms with Crippen LogP contribution in [0.4, 0.5) is 0 Å². The molecule has 0 saturated heterocycles. The molecule has 1 unspecified atom stereocenters. The van der Waals surface area contributed by atoms with Gasteiger partial charge in [0.1, 0.15) is 0 Å². The summed E-state index contributed by atoms with van der Waals surface area (Å²) in [5, 5.41) is 8.13. The van der Waals surface area contributed by atoms with Crippen LogP contribution in [0.1, 0.15) is 56.6 Å². The smallest absolute Gasteiger partial charge is 0.0669 e. The molecular weight excluding hydrogens is 210 g/mol. The monoisotopic (exact) mass is 235 g/mol. The van der Waals surface area contributed by atoms with Crippen LogP contribution in [0.3, 0.4) is 0 Å². The minimum absolute atomic E-state index is 0.584. The number of nitrogens with one attached hydrogen (secondary N) is 1. The Hall–Kier alpha value is -0.830. The molecule has 1 aliphatic rings. The second kappa shape index (κ2) is 5.21. The van der Waals surface area contributed by atoms with Crippen LogP contribution in [0.25, 0.3) is 0 Å². The number of rotatable bonds is 6. The minimum atomic E-state index is 0.584. The topological polar surface area (TPSA) is 29.9 Å². The van der Waals surface area contributed by atoms with Gasteiger partial charge >= 0.3 is 0 Å². The molecule has 1 aromatic rings. The molecule has 1 aromatic heterocycles. The maximum Gasteiger partial charge on any atom is 0.0669 e. The van der Waals surface area contributed by atoms with E-state index in [0.717, 1.165) is 25.3 Å². The molecule has 3 heteroatoms. The number of hydrogen-bond donors (Lipinski definition) is 1. The third-order valence-corrected chi connectivity index (χ3v) is 3.92. The van der Waals surface area contributed by atoms with E-state index in [-0.39, 0.29) is 0 Å². The van der Waals surface area contributed by atoms with Crippen LogP contribution >= 0.6 is 0 Å². The second-order valence-electron chi connectivity index (χ2n) is 5.13. The van der Waals surface area contributed by atoms with Gasteiger partial charge in [-0.05, 0) is 45.6 Å². The lowest BCUT2D eigenvalue weighted by atomic mass is 10.1. The zero-order valence-electron chi connectivity index (χ0n) is 11.6. The van der Waals surface area contributed by atoms with Gasteiger partial charge in [0.2, 0.25) is 0 Å². The van der Waals surface area contributed by atoms with Crippen LogP contribution in [0.5, 0.6) is 0 Å². The molecule has 1 N–H and O–H groups in total. The van der Waals surface area contributed by atoms with Crippen molar-refractivity contribution in [3.05, 3.63) is 17.0 Å². The van der Waals surface area contributed by atoms with E-state index in [1.807, 2.05) is 7.05 Å². The van der Waals surface area contributed by atoms with Crippen LogP contribution in [-0.4, -0.2) is 16.8 Å². The lowest BCUT2D eigenvalue weighted by Crippen LogP contribution is -2.14. The quantitative estimate of drug-likeness (QED) is 0.821. The van der Waals surface area contributed by atoms with E-state index in [2.05, 4.69) is 30.8 Å². The van der Waals surface area contributed by atoms with Crippen molar-refractivity contribution >= 4 is 0 Å². The molecule has 0 aliphatic heterocycles. The van der Waals surface area contributed by atoms with Crippen LogP contribution in [0.15, 0.2) is 0 Å². The van der Waals surface area contributed by atoms with Gasteiger partial charge in [-0.25, -0.2) is 0 Å². The molecular formula is C14H25N3. The van der Waals surface area contributed by atoms with E-state index in [1.54, 1.807) is 0 Å². The normalized spacial score (nSPS) is 17.4. The van der Waals surface area contributed by atoms with Crippen molar-refractivity contribution in [2.24, 2.45) is 5.92 Å². The SMILES string of the molecule is CCc1nn(C(C)C2CC2)c(CC)c1CNC. The van der Waals surface area contributed by atoms with Crippen molar-refractivity contribution in [2.75, 3.05) is 7.05 Å². The van der Waals surface area contributed by atoms with Gasteiger partial charge in [-0.3, -0.25) is 4.68 Å². The second-order valence-corrected chi connectivity index (χ2v) is 5.13. The summed E-state index contributed by atoms with van der Waals surface area (Å²) in [5.74, 6) is 0.868. The van der Waals surface area contributed by atoms with Gasteiger partial charge < -0.3 is 5.32 Å². The Labute approximate surface area is 105 Å². The fraction of sp³-hybridized carbons (Fsp3) is 0.786. The lowest BCUT2D eigenvalue weighted by molar-refractivity contribution is 0.423. The molecule has 3 nitrogen and oxygen atoms in total. The average Bonchev–Trinajstić information content (AvgIpc) is 3.12. The van der Waals surface area contributed by atoms with Crippen molar-refractivity contribution < 1.29 is 0 Å². The predicted octanol–water partition coefficient (Wildman–Crippen LogP) is 2.70. The fourth-order valence-corrected chi connectivity index (χ4v) is 2.71. The van der Waals surface area contributed by atoms with E-state index in [4.69, 9.17) is 5.10 Å². The van der Waals surface area contributed by atoms with Gasteiger partial charge in [0.15, 0.2) is 0 Å². The molecule has 1 aliphatic carbocycles. The summed E-state index contributed by atoms with van der Waals surface area (Å²) in [6.07, 6.45) is 4.88. The molecule has 1 atom stereocenters. The Bertz CT molecular complexity index is 377. The minimum Gasteiger partial charge on any atom is -0.316 e. The fourth-order valence-electron chi connectivity index (χ4n) is 2.71. The van der Waals surface area contributed by atoms with Gasteiger partial charge in [-0.15, -0.1) is 0 Å². The van der Waals surface area contributed by atoms with Crippen LogP contribution in [0, 0.1) is 5.92 Å². The maximum atomic E-state index is 4.86. The van der Waals surface area contributed by atoms with Gasteiger partial charge in [0.25, 0.3) is 0 Å². The highest BCUT2D eigenvalue weighted by Crippen LogP contribution is 2.40. The first kappa shape index (κ1) is 12.6. The maximum absolute atomic E-state index is 4.86. The van der Waals surface area contributed by atoms with Crippen molar-refractivity contribution in [1.29, 1.82) is 0 Å². The predicted molar refractivity (Wildman–Crippen MR) is 71.2 cm³/mol. The van der Waals surface area contributed by atoms with E-state index >= 15 is 0 Å². The van der Waals surface area contributed by atoms with E-state index < -0.39 is 0 Å². The van der Waals surface area contributed by atoms with Crippen molar-refractivity contribution in [1.82, 2.24) is 15.1 Å². The highest BCUT2D eigenvalue weighted by atomic mass is 15.3. The highest BCUT2D eigenvalue weighted by Gasteiger charge is 2.31. The Kier molecular flexibility index (Phi) is 3.87. The Morgan fingerprint density at radius 2 is 2.06 bits per heavy atom. The third-order valence-electron chi connectivity index (χ3n) is 3.92. The first-order valence-electron chi connectivity index (χ1n) is 6.96. The number of aryl methyl sites for hydroxylation is 1. The largest absolute Gasteiger partial charge is 0.316 e. The van der Waals surface area contributed by atoms with Gasteiger partial charge in [0, 0.05) is 17.8 Å². The lowest BCUT2D eigenvalue weighted by Gasteiger charge is -2.15. The molecule has 0 aromatic carbocycles. The Morgan fingerprint density at radius 1 is 1.35 bits per heavy atom. The van der Waals surface area contributed by atoms with Gasteiger partial charge in [0.05, 0.1) is 11.7 Å². The summed E-state index contributed by atoms with van der Waals surface area (Å²) < 4.78 is 2.31.